The van der Waals surface area contributed by atoms with Gasteiger partial charge in [-0.3, -0.25) is 0 Å². The molecule has 0 amide bonds. The fraction of sp³-hybridized carbons (Fsp3) is 1.00. The van der Waals surface area contributed by atoms with Crippen LogP contribution in [0.1, 0.15) is 0 Å². The summed E-state index contributed by atoms with van der Waals surface area (Å²) in [5.41, 5.74) is 0. The van der Waals surface area contributed by atoms with Crippen LogP contribution < -0.4 is 0 Å². The van der Waals surface area contributed by atoms with E-state index in [1.54, 1.807) is 14.2 Å². The zero-order chi connectivity index (χ0) is 9.14. The Morgan fingerprint density at radius 3 is 2.58 bits per heavy atom. The van der Waals surface area contributed by atoms with Crippen LogP contribution in [0, 0.1) is 0 Å². The van der Waals surface area contributed by atoms with Crippen LogP contribution in [0.5, 0.6) is 0 Å². The maximum atomic E-state index is 9.56. The molecule has 1 fully saturated rings. The Balaban J connectivity index is 2.58. The lowest BCUT2D eigenvalue weighted by Gasteiger charge is -2.36. The normalized spacial score (nSPS) is 43.0. The number of hydrogen-bond donors (Lipinski definition) is 1. The molecule has 4 nitrogen and oxygen atoms in total. The highest BCUT2D eigenvalue weighted by molar-refractivity contribution is 9.09. The monoisotopic (exact) mass is 240 g/mol. The van der Waals surface area contributed by atoms with E-state index in [2.05, 4.69) is 15.9 Å². The van der Waals surface area contributed by atoms with Gasteiger partial charge in [0.25, 0.3) is 0 Å². The second-order valence-electron chi connectivity index (χ2n) is 2.65. The molecule has 0 saturated carbocycles. The van der Waals surface area contributed by atoms with Crippen molar-refractivity contribution in [3.05, 3.63) is 0 Å². The fourth-order valence-electron chi connectivity index (χ4n) is 1.24. The number of hydrogen-bond acceptors (Lipinski definition) is 4. The van der Waals surface area contributed by atoms with Gasteiger partial charge in [-0.1, -0.05) is 15.9 Å². The predicted molar refractivity (Wildman–Crippen MR) is 46.3 cm³/mol. The summed E-state index contributed by atoms with van der Waals surface area (Å²) in [7, 11) is 3.12. The zero-order valence-corrected chi connectivity index (χ0v) is 8.65. The SMILES string of the molecule is CO[C@@H]1[C@@H](O)[C@@H](Br)OC[C@H]1OC. The third-order valence-corrected chi connectivity index (χ3v) is 2.77. The van der Waals surface area contributed by atoms with Crippen molar-refractivity contribution < 1.29 is 19.3 Å². The molecule has 1 heterocycles. The molecule has 1 aliphatic heterocycles. The Hall–Kier alpha value is 0.320. The van der Waals surface area contributed by atoms with Gasteiger partial charge in [0.05, 0.1) is 6.61 Å². The summed E-state index contributed by atoms with van der Waals surface area (Å²) >= 11 is 3.18. The lowest BCUT2D eigenvalue weighted by molar-refractivity contribution is -0.179. The molecule has 0 spiro atoms. The number of aliphatic hydroxyl groups excluding tert-OH is 1. The van der Waals surface area contributed by atoms with Gasteiger partial charge < -0.3 is 19.3 Å². The summed E-state index contributed by atoms with van der Waals surface area (Å²) in [6.07, 6.45) is -1.21. The number of ether oxygens (including phenoxy) is 3. The Labute approximate surface area is 79.9 Å². The highest BCUT2D eigenvalue weighted by Gasteiger charge is 2.38. The first-order chi connectivity index (χ1) is 5.70. The van der Waals surface area contributed by atoms with Gasteiger partial charge in [-0.05, 0) is 0 Å². The lowest BCUT2D eigenvalue weighted by atomic mass is 10.1. The molecule has 72 valence electrons. The van der Waals surface area contributed by atoms with Crippen LogP contribution in [0.4, 0.5) is 0 Å². The van der Waals surface area contributed by atoms with Gasteiger partial charge in [0.15, 0.2) is 0 Å². The van der Waals surface area contributed by atoms with Gasteiger partial charge in [-0.2, -0.15) is 0 Å². The van der Waals surface area contributed by atoms with Gasteiger partial charge in [-0.25, -0.2) is 0 Å². The Morgan fingerprint density at radius 2 is 2.08 bits per heavy atom. The minimum absolute atomic E-state index is 0.196. The summed E-state index contributed by atoms with van der Waals surface area (Å²) in [5.74, 6) is 0. The molecule has 0 aromatic heterocycles. The van der Waals surface area contributed by atoms with Gasteiger partial charge in [0, 0.05) is 14.2 Å². The van der Waals surface area contributed by atoms with Crippen molar-refractivity contribution in [3.63, 3.8) is 0 Å². The van der Waals surface area contributed by atoms with Crippen LogP contribution in [0.2, 0.25) is 0 Å². The molecule has 4 atom stereocenters. The lowest BCUT2D eigenvalue weighted by Crippen LogP contribution is -2.52. The number of halogens is 1. The molecule has 1 aliphatic rings. The van der Waals surface area contributed by atoms with Crippen molar-refractivity contribution in [2.24, 2.45) is 0 Å². The molecule has 12 heavy (non-hydrogen) atoms. The van der Waals surface area contributed by atoms with Crippen molar-refractivity contribution in [2.45, 2.75) is 23.3 Å². The Morgan fingerprint density at radius 1 is 1.42 bits per heavy atom. The standard InChI is InChI=1S/C7H13BrO4/c1-10-4-3-12-7(8)5(9)6(4)11-2/h4-7,9H,3H2,1-2H3/t4-,5-,6+,7+/m1/s1. The highest BCUT2D eigenvalue weighted by atomic mass is 79.9. The first-order valence-electron chi connectivity index (χ1n) is 3.70. The van der Waals surface area contributed by atoms with E-state index in [0.29, 0.717) is 6.61 Å². The number of alkyl halides is 1. The summed E-state index contributed by atoms with van der Waals surface area (Å²) < 4.78 is 15.4. The van der Waals surface area contributed by atoms with E-state index < -0.39 is 6.10 Å². The number of methoxy groups -OCH3 is 2. The molecule has 0 aliphatic carbocycles. The first kappa shape index (κ1) is 10.4. The van der Waals surface area contributed by atoms with E-state index in [1.807, 2.05) is 0 Å². The second-order valence-corrected chi connectivity index (χ2v) is 3.55. The molecule has 0 radical (unpaired) electrons. The summed E-state index contributed by atoms with van der Waals surface area (Å²) in [5, 5.41) is 9.20. The summed E-state index contributed by atoms with van der Waals surface area (Å²) in [6.45, 7) is 0.433. The van der Waals surface area contributed by atoms with E-state index in [-0.39, 0.29) is 17.2 Å². The number of aliphatic hydroxyl groups is 1. The average molecular weight is 241 g/mol. The maximum absolute atomic E-state index is 9.56. The van der Waals surface area contributed by atoms with Crippen molar-refractivity contribution in [3.8, 4) is 0 Å². The molecular weight excluding hydrogens is 228 g/mol. The van der Waals surface area contributed by atoms with E-state index in [0.717, 1.165) is 0 Å². The predicted octanol–water partition coefficient (Wildman–Crippen LogP) is 0.129. The molecule has 0 aromatic carbocycles. The zero-order valence-electron chi connectivity index (χ0n) is 7.07. The highest BCUT2D eigenvalue weighted by Crippen LogP contribution is 2.23. The fourth-order valence-corrected chi connectivity index (χ4v) is 1.70. The van der Waals surface area contributed by atoms with Gasteiger partial charge in [-0.15, -0.1) is 0 Å². The topological polar surface area (TPSA) is 47.9 Å². The third kappa shape index (κ3) is 1.97. The van der Waals surface area contributed by atoms with Crippen LogP contribution in [0.25, 0.3) is 0 Å². The summed E-state index contributed by atoms with van der Waals surface area (Å²) in [6, 6.07) is 0. The van der Waals surface area contributed by atoms with Gasteiger partial charge >= 0.3 is 0 Å². The van der Waals surface area contributed by atoms with E-state index >= 15 is 0 Å². The van der Waals surface area contributed by atoms with E-state index in [4.69, 9.17) is 14.2 Å². The van der Waals surface area contributed by atoms with Crippen LogP contribution in [-0.2, 0) is 14.2 Å². The van der Waals surface area contributed by atoms with E-state index in [9.17, 15) is 5.11 Å². The van der Waals surface area contributed by atoms with Crippen molar-refractivity contribution in [1.82, 2.24) is 0 Å². The second kappa shape index (κ2) is 4.53. The van der Waals surface area contributed by atoms with Crippen molar-refractivity contribution in [1.29, 1.82) is 0 Å². The molecule has 0 aromatic rings. The quantitative estimate of drug-likeness (QED) is 0.698. The molecule has 0 unspecified atom stereocenters. The van der Waals surface area contributed by atoms with Crippen LogP contribution in [0.3, 0.4) is 0 Å². The average Bonchev–Trinajstić information content (AvgIpc) is 2.09. The summed E-state index contributed by atoms with van der Waals surface area (Å²) in [4.78, 5) is 0. The van der Waals surface area contributed by atoms with Crippen LogP contribution in [0.15, 0.2) is 0 Å². The van der Waals surface area contributed by atoms with Crippen molar-refractivity contribution in [2.75, 3.05) is 20.8 Å². The largest absolute Gasteiger partial charge is 0.387 e. The minimum atomic E-state index is -0.686. The molecule has 1 saturated heterocycles. The molecule has 5 heteroatoms. The van der Waals surface area contributed by atoms with Gasteiger partial charge in [0.2, 0.25) is 0 Å². The smallest absolute Gasteiger partial charge is 0.141 e. The van der Waals surface area contributed by atoms with Crippen LogP contribution >= 0.6 is 15.9 Å². The van der Waals surface area contributed by atoms with Gasteiger partial charge in [0.1, 0.15) is 23.3 Å². The minimum Gasteiger partial charge on any atom is -0.387 e. The van der Waals surface area contributed by atoms with Crippen LogP contribution in [-0.4, -0.2) is 49.3 Å². The molecule has 1 N–H and O–H groups in total. The molecule has 0 bridgehead atoms. The molecule has 1 rings (SSSR count). The first-order valence-corrected chi connectivity index (χ1v) is 4.61. The number of rotatable bonds is 2. The third-order valence-electron chi connectivity index (χ3n) is 1.97. The van der Waals surface area contributed by atoms with E-state index in [1.165, 1.54) is 0 Å². The Bertz CT molecular complexity index is 141. The van der Waals surface area contributed by atoms with Crippen molar-refractivity contribution >= 4 is 15.9 Å². The molecular formula is C7H13BrO4. The maximum Gasteiger partial charge on any atom is 0.141 e. The Kier molecular flexibility index (Phi) is 3.92.